The summed E-state index contributed by atoms with van der Waals surface area (Å²) in [7, 11) is 0. The van der Waals surface area contributed by atoms with E-state index in [1.807, 2.05) is 13.8 Å². The number of amides is 1. The van der Waals surface area contributed by atoms with Crippen molar-refractivity contribution in [3.63, 3.8) is 0 Å². The van der Waals surface area contributed by atoms with E-state index in [9.17, 15) is 4.79 Å². The molecule has 0 bridgehead atoms. The molecule has 1 saturated heterocycles. The summed E-state index contributed by atoms with van der Waals surface area (Å²) >= 11 is 0. The van der Waals surface area contributed by atoms with Gasteiger partial charge in [-0.25, -0.2) is 0 Å². The van der Waals surface area contributed by atoms with Gasteiger partial charge in [0.05, 0.1) is 13.2 Å². The number of carbonyl (C=O) groups is 1. The lowest BCUT2D eigenvalue weighted by molar-refractivity contribution is -0.121. The molecule has 94 valence electrons. The number of hydrogen-bond donors (Lipinski definition) is 1. The molecule has 0 aromatic rings. The average molecular weight is 228 g/mol. The van der Waals surface area contributed by atoms with Crippen molar-refractivity contribution in [3.8, 4) is 0 Å². The maximum atomic E-state index is 11.4. The minimum atomic E-state index is 0.178. The Bertz CT molecular complexity index is 201. The first-order valence-electron chi connectivity index (χ1n) is 6.28. The fraction of sp³-hybridized carbons (Fsp3) is 0.917. The molecule has 1 fully saturated rings. The summed E-state index contributed by atoms with van der Waals surface area (Å²) in [5.74, 6) is 0.178. The Morgan fingerprint density at radius 1 is 1.31 bits per heavy atom. The standard InChI is InChI=1S/C12H24N2O2/c1-11(2)13-12(15)5-3-4-6-14-7-9-16-10-8-14/h11H,3-10H2,1-2H3,(H,13,15). The van der Waals surface area contributed by atoms with Crippen LogP contribution in [0.25, 0.3) is 0 Å². The highest BCUT2D eigenvalue weighted by Crippen LogP contribution is 2.02. The third-order valence-electron chi connectivity index (χ3n) is 2.68. The zero-order valence-corrected chi connectivity index (χ0v) is 10.5. The number of nitrogens with zero attached hydrogens (tertiary/aromatic N) is 1. The van der Waals surface area contributed by atoms with E-state index in [1.54, 1.807) is 0 Å². The normalized spacial score (nSPS) is 17.7. The fourth-order valence-electron chi connectivity index (χ4n) is 1.84. The monoisotopic (exact) mass is 228 g/mol. The number of nitrogens with one attached hydrogen (secondary N) is 1. The molecular weight excluding hydrogens is 204 g/mol. The highest BCUT2D eigenvalue weighted by molar-refractivity contribution is 5.76. The largest absolute Gasteiger partial charge is 0.379 e. The van der Waals surface area contributed by atoms with Gasteiger partial charge in [0.25, 0.3) is 0 Å². The van der Waals surface area contributed by atoms with E-state index in [2.05, 4.69) is 10.2 Å². The minimum absolute atomic E-state index is 0.178. The first-order chi connectivity index (χ1) is 7.68. The van der Waals surface area contributed by atoms with Gasteiger partial charge in [0.2, 0.25) is 5.91 Å². The maximum absolute atomic E-state index is 11.4. The molecule has 1 amide bonds. The second kappa shape index (κ2) is 7.63. The van der Waals surface area contributed by atoms with Gasteiger partial charge >= 0.3 is 0 Å². The fourth-order valence-corrected chi connectivity index (χ4v) is 1.84. The summed E-state index contributed by atoms with van der Waals surface area (Å²) in [4.78, 5) is 13.8. The van der Waals surface area contributed by atoms with Crippen LogP contribution in [0, 0.1) is 0 Å². The Labute approximate surface area is 98.3 Å². The van der Waals surface area contributed by atoms with Crippen molar-refractivity contribution < 1.29 is 9.53 Å². The van der Waals surface area contributed by atoms with Crippen LogP contribution in [-0.2, 0) is 9.53 Å². The van der Waals surface area contributed by atoms with E-state index in [0.29, 0.717) is 6.42 Å². The highest BCUT2D eigenvalue weighted by Gasteiger charge is 2.09. The van der Waals surface area contributed by atoms with Crippen LogP contribution in [0.15, 0.2) is 0 Å². The van der Waals surface area contributed by atoms with Gasteiger partial charge in [-0.15, -0.1) is 0 Å². The van der Waals surface area contributed by atoms with Gasteiger partial charge in [-0.05, 0) is 33.2 Å². The lowest BCUT2D eigenvalue weighted by atomic mass is 10.2. The zero-order valence-electron chi connectivity index (χ0n) is 10.5. The minimum Gasteiger partial charge on any atom is -0.379 e. The molecule has 1 heterocycles. The Morgan fingerprint density at radius 3 is 2.62 bits per heavy atom. The van der Waals surface area contributed by atoms with Crippen molar-refractivity contribution in [2.45, 2.75) is 39.2 Å². The van der Waals surface area contributed by atoms with Gasteiger partial charge in [0.1, 0.15) is 0 Å². The van der Waals surface area contributed by atoms with Crippen LogP contribution in [0.5, 0.6) is 0 Å². The van der Waals surface area contributed by atoms with Gasteiger partial charge < -0.3 is 10.1 Å². The summed E-state index contributed by atoms with van der Waals surface area (Å²) in [5, 5.41) is 2.91. The van der Waals surface area contributed by atoms with Crippen molar-refractivity contribution in [2.24, 2.45) is 0 Å². The van der Waals surface area contributed by atoms with Gasteiger partial charge in [0.15, 0.2) is 0 Å². The van der Waals surface area contributed by atoms with Gasteiger partial charge in [-0.2, -0.15) is 0 Å². The SMILES string of the molecule is CC(C)NC(=O)CCCCN1CCOCC1. The summed E-state index contributed by atoms with van der Waals surface area (Å²) in [6.45, 7) is 8.87. The number of rotatable bonds is 6. The molecule has 1 rings (SSSR count). The van der Waals surface area contributed by atoms with E-state index in [-0.39, 0.29) is 11.9 Å². The zero-order chi connectivity index (χ0) is 11.8. The van der Waals surface area contributed by atoms with E-state index >= 15 is 0 Å². The Kier molecular flexibility index (Phi) is 6.42. The van der Waals surface area contributed by atoms with E-state index in [0.717, 1.165) is 45.7 Å². The molecule has 0 radical (unpaired) electrons. The predicted octanol–water partition coefficient (Wildman–Crippen LogP) is 1.01. The first kappa shape index (κ1) is 13.5. The summed E-state index contributed by atoms with van der Waals surface area (Å²) in [6, 6.07) is 0.256. The molecular formula is C12H24N2O2. The molecule has 0 atom stereocenters. The predicted molar refractivity (Wildman–Crippen MR) is 64.4 cm³/mol. The summed E-state index contributed by atoms with van der Waals surface area (Å²) in [6.07, 6.45) is 2.74. The highest BCUT2D eigenvalue weighted by atomic mass is 16.5. The van der Waals surface area contributed by atoms with Crippen molar-refractivity contribution in [2.75, 3.05) is 32.8 Å². The average Bonchev–Trinajstić information content (AvgIpc) is 2.25. The van der Waals surface area contributed by atoms with Gasteiger partial charge in [-0.1, -0.05) is 0 Å². The topological polar surface area (TPSA) is 41.6 Å². The molecule has 4 heteroatoms. The molecule has 1 N–H and O–H groups in total. The Morgan fingerprint density at radius 2 is 2.00 bits per heavy atom. The number of morpholine rings is 1. The van der Waals surface area contributed by atoms with Gasteiger partial charge in [-0.3, -0.25) is 9.69 Å². The van der Waals surface area contributed by atoms with Crippen molar-refractivity contribution in [1.29, 1.82) is 0 Å². The van der Waals surface area contributed by atoms with Crippen molar-refractivity contribution >= 4 is 5.91 Å². The quantitative estimate of drug-likeness (QED) is 0.690. The number of ether oxygens (including phenoxy) is 1. The molecule has 0 aliphatic carbocycles. The van der Waals surface area contributed by atoms with Crippen molar-refractivity contribution in [3.05, 3.63) is 0 Å². The molecule has 1 aliphatic heterocycles. The van der Waals surface area contributed by atoms with E-state index in [1.165, 1.54) is 0 Å². The van der Waals surface area contributed by atoms with Gasteiger partial charge in [0, 0.05) is 25.6 Å². The lowest BCUT2D eigenvalue weighted by Gasteiger charge is -2.26. The number of unbranched alkanes of at least 4 members (excludes halogenated alkanes) is 1. The molecule has 0 aromatic carbocycles. The smallest absolute Gasteiger partial charge is 0.220 e. The molecule has 4 nitrogen and oxygen atoms in total. The first-order valence-corrected chi connectivity index (χ1v) is 6.28. The van der Waals surface area contributed by atoms with Crippen LogP contribution in [0.4, 0.5) is 0 Å². The molecule has 1 aliphatic rings. The van der Waals surface area contributed by atoms with Crippen LogP contribution < -0.4 is 5.32 Å². The van der Waals surface area contributed by atoms with Crippen LogP contribution in [0.2, 0.25) is 0 Å². The molecule has 0 saturated carbocycles. The maximum Gasteiger partial charge on any atom is 0.220 e. The summed E-state index contributed by atoms with van der Waals surface area (Å²) < 4.78 is 5.28. The third-order valence-corrected chi connectivity index (χ3v) is 2.68. The lowest BCUT2D eigenvalue weighted by Crippen LogP contribution is -2.37. The van der Waals surface area contributed by atoms with E-state index in [4.69, 9.17) is 4.74 Å². The molecule has 16 heavy (non-hydrogen) atoms. The Balaban J connectivity index is 1.96. The molecule has 0 spiro atoms. The molecule has 0 unspecified atom stereocenters. The van der Waals surface area contributed by atoms with Crippen LogP contribution >= 0.6 is 0 Å². The van der Waals surface area contributed by atoms with Crippen LogP contribution in [0.1, 0.15) is 33.1 Å². The third kappa shape index (κ3) is 6.08. The number of carbonyl (C=O) groups excluding carboxylic acids is 1. The van der Waals surface area contributed by atoms with Crippen molar-refractivity contribution in [1.82, 2.24) is 10.2 Å². The number of hydrogen-bond acceptors (Lipinski definition) is 3. The molecule has 0 aromatic heterocycles. The van der Waals surface area contributed by atoms with Crippen LogP contribution in [-0.4, -0.2) is 49.7 Å². The van der Waals surface area contributed by atoms with E-state index < -0.39 is 0 Å². The Hall–Kier alpha value is -0.610. The van der Waals surface area contributed by atoms with Crippen LogP contribution in [0.3, 0.4) is 0 Å². The second-order valence-electron chi connectivity index (χ2n) is 4.63. The summed E-state index contributed by atoms with van der Waals surface area (Å²) in [5.41, 5.74) is 0. The second-order valence-corrected chi connectivity index (χ2v) is 4.63.